The first-order chi connectivity index (χ1) is 16.8. The minimum atomic E-state index is -3.50. The lowest BCUT2D eigenvalue weighted by molar-refractivity contribution is 0.0718. The van der Waals surface area contributed by atoms with Crippen LogP contribution in [0.25, 0.3) is 0 Å². The average molecular weight is 494 g/mol. The number of hydrogen-bond donors (Lipinski definition) is 0. The van der Waals surface area contributed by atoms with E-state index in [0.29, 0.717) is 49.5 Å². The monoisotopic (exact) mass is 493 g/mol. The van der Waals surface area contributed by atoms with Crippen molar-refractivity contribution < 1.29 is 13.2 Å². The molecule has 0 fully saturated rings. The molecule has 0 atom stereocenters. The predicted molar refractivity (Wildman–Crippen MR) is 136 cm³/mol. The van der Waals surface area contributed by atoms with E-state index in [9.17, 15) is 13.2 Å². The zero-order valence-corrected chi connectivity index (χ0v) is 21.0. The number of aryl methyl sites for hydroxylation is 1. The van der Waals surface area contributed by atoms with E-state index in [4.69, 9.17) is 0 Å². The molecule has 184 valence electrons. The van der Waals surface area contributed by atoms with Crippen molar-refractivity contribution in [2.24, 2.45) is 0 Å². The fraction of sp³-hybridized carbons (Fsp3) is 0.346. The van der Waals surface area contributed by atoms with Gasteiger partial charge in [-0.25, -0.2) is 18.4 Å². The van der Waals surface area contributed by atoms with Crippen LogP contribution in [0.15, 0.2) is 67.1 Å². The zero-order valence-electron chi connectivity index (χ0n) is 20.2. The molecule has 1 amide bonds. The number of carbonyl (C=O) groups excluding carboxylic acids is 1. The Kier molecular flexibility index (Phi) is 7.77. The molecule has 8 nitrogen and oxygen atoms in total. The van der Waals surface area contributed by atoms with Gasteiger partial charge in [-0.1, -0.05) is 48.5 Å². The fourth-order valence-corrected chi connectivity index (χ4v) is 5.39. The minimum absolute atomic E-state index is 0.164. The predicted octanol–water partition coefficient (Wildman–Crippen LogP) is 3.10. The number of rotatable bonds is 4. The van der Waals surface area contributed by atoms with E-state index in [0.717, 1.165) is 12.1 Å². The number of hydrogen-bond acceptors (Lipinski definition) is 6. The number of carbonyl (C=O) groups is 1. The molecule has 9 heteroatoms. The van der Waals surface area contributed by atoms with Gasteiger partial charge in [-0.05, 0) is 30.5 Å². The number of fused-ring (bicyclic) bond motifs is 1. The highest BCUT2D eigenvalue weighted by molar-refractivity contribution is 7.92. The van der Waals surface area contributed by atoms with Gasteiger partial charge in [0, 0.05) is 45.5 Å². The number of benzene rings is 2. The van der Waals surface area contributed by atoms with Crippen molar-refractivity contribution in [1.82, 2.24) is 19.8 Å². The number of anilines is 1. The number of nitrogens with zero attached hydrogens (tertiary/aromatic N) is 5. The summed E-state index contributed by atoms with van der Waals surface area (Å²) in [5.74, 6) is -0.164. The van der Waals surface area contributed by atoms with Gasteiger partial charge >= 0.3 is 0 Å². The summed E-state index contributed by atoms with van der Waals surface area (Å²) in [7, 11) is -3.50. The highest BCUT2D eigenvalue weighted by Gasteiger charge is 2.26. The van der Waals surface area contributed by atoms with Crippen molar-refractivity contribution in [2.45, 2.75) is 26.4 Å². The second kappa shape index (κ2) is 11.0. The van der Waals surface area contributed by atoms with Crippen molar-refractivity contribution in [3.8, 4) is 0 Å². The largest absolute Gasteiger partial charge is 0.333 e. The van der Waals surface area contributed by atoms with Crippen LogP contribution in [0.4, 0.5) is 5.69 Å². The van der Waals surface area contributed by atoms with Crippen LogP contribution in [-0.4, -0.2) is 66.5 Å². The van der Waals surface area contributed by atoms with Crippen LogP contribution < -0.4 is 4.31 Å². The molecule has 0 N–H and O–H groups in total. The molecule has 3 aromatic rings. The lowest BCUT2D eigenvalue weighted by atomic mass is 10.1. The smallest absolute Gasteiger partial charge is 0.257 e. The molecule has 0 spiro atoms. The van der Waals surface area contributed by atoms with Gasteiger partial charge in [-0.15, -0.1) is 0 Å². The lowest BCUT2D eigenvalue weighted by Gasteiger charge is -2.28. The highest BCUT2D eigenvalue weighted by atomic mass is 32.2. The Balaban J connectivity index is 1.71. The van der Waals surface area contributed by atoms with E-state index >= 15 is 0 Å². The van der Waals surface area contributed by atoms with Crippen molar-refractivity contribution in [1.29, 1.82) is 0 Å². The number of sulfonamides is 1. The Hall–Kier alpha value is -3.30. The molecule has 2 heterocycles. The molecular weight excluding hydrogens is 462 g/mol. The van der Waals surface area contributed by atoms with Crippen molar-refractivity contribution in [3.05, 3.63) is 89.5 Å². The number of amides is 1. The normalized spacial score (nSPS) is 15.8. The van der Waals surface area contributed by atoms with Crippen LogP contribution in [0.5, 0.6) is 0 Å². The van der Waals surface area contributed by atoms with E-state index in [1.807, 2.05) is 42.5 Å². The molecule has 4 rings (SSSR count). The average Bonchev–Trinajstić information content (AvgIpc) is 2.87. The first-order valence-corrected chi connectivity index (χ1v) is 13.6. The molecule has 1 aliphatic rings. The van der Waals surface area contributed by atoms with E-state index in [1.54, 1.807) is 18.0 Å². The second-order valence-corrected chi connectivity index (χ2v) is 10.7. The van der Waals surface area contributed by atoms with Crippen LogP contribution in [0.1, 0.15) is 33.6 Å². The summed E-state index contributed by atoms with van der Waals surface area (Å²) in [5, 5.41) is 0. The SMILES string of the molecule is Cc1ncncc1C(=O)N1CCN(Cc2ccccc2)CCCN(S(C)(=O)=O)c2ccccc2C1. The molecular formula is C26H31N5O3S. The van der Waals surface area contributed by atoms with Gasteiger partial charge in [0.15, 0.2) is 0 Å². The zero-order chi connectivity index (χ0) is 24.8. The quantitative estimate of drug-likeness (QED) is 0.555. The van der Waals surface area contributed by atoms with Crippen LogP contribution in [0, 0.1) is 6.92 Å². The van der Waals surface area contributed by atoms with Gasteiger partial charge in [-0.3, -0.25) is 14.0 Å². The third-order valence-corrected chi connectivity index (χ3v) is 7.40. The summed E-state index contributed by atoms with van der Waals surface area (Å²) in [5.41, 5.74) is 3.65. The fourth-order valence-electron chi connectivity index (χ4n) is 4.39. The first kappa shape index (κ1) is 24.8. The Morgan fingerprint density at radius 2 is 1.71 bits per heavy atom. The topological polar surface area (TPSA) is 86.7 Å². The Morgan fingerprint density at radius 1 is 0.971 bits per heavy atom. The summed E-state index contributed by atoms with van der Waals surface area (Å²) in [6.07, 6.45) is 4.89. The Morgan fingerprint density at radius 3 is 2.46 bits per heavy atom. The maximum atomic E-state index is 13.6. The van der Waals surface area contributed by atoms with E-state index < -0.39 is 10.0 Å². The van der Waals surface area contributed by atoms with Gasteiger partial charge < -0.3 is 4.90 Å². The molecule has 1 aromatic heterocycles. The first-order valence-electron chi connectivity index (χ1n) is 11.7. The second-order valence-electron chi connectivity index (χ2n) is 8.83. The van der Waals surface area contributed by atoms with Gasteiger partial charge in [0.1, 0.15) is 6.33 Å². The molecule has 0 radical (unpaired) electrons. The van der Waals surface area contributed by atoms with Crippen LogP contribution in [-0.2, 0) is 23.1 Å². The Bertz CT molecular complexity index is 1270. The van der Waals surface area contributed by atoms with Gasteiger partial charge in [0.25, 0.3) is 5.91 Å². The molecule has 2 aromatic carbocycles. The van der Waals surface area contributed by atoms with Gasteiger partial charge in [-0.2, -0.15) is 0 Å². The third-order valence-electron chi connectivity index (χ3n) is 6.22. The molecule has 0 bridgehead atoms. The molecule has 0 unspecified atom stereocenters. The summed E-state index contributed by atoms with van der Waals surface area (Å²) < 4.78 is 27.0. The lowest BCUT2D eigenvalue weighted by Crippen LogP contribution is -2.39. The maximum absolute atomic E-state index is 13.6. The highest BCUT2D eigenvalue weighted by Crippen LogP contribution is 2.26. The standard InChI is InChI=1S/C26H31N5O3S/c1-21-24(17-27-20-28-21)26(32)30-16-15-29(18-22-9-4-3-5-10-22)13-8-14-31(35(2,33)34)25-12-7-6-11-23(25)19-30/h3-7,9-12,17,20H,8,13-16,18-19H2,1-2H3. The van der Waals surface area contributed by atoms with E-state index in [2.05, 4.69) is 27.0 Å². The third kappa shape index (κ3) is 6.23. The van der Waals surface area contributed by atoms with Gasteiger partial charge in [0.05, 0.1) is 23.2 Å². The molecule has 1 aliphatic heterocycles. The maximum Gasteiger partial charge on any atom is 0.257 e. The van der Waals surface area contributed by atoms with Crippen LogP contribution in [0.3, 0.4) is 0 Å². The molecule has 0 aliphatic carbocycles. The summed E-state index contributed by atoms with van der Waals surface area (Å²) >= 11 is 0. The van der Waals surface area contributed by atoms with Crippen molar-refractivity contribution in [3.63, 3.8) is 0 Å². The number of aromatic nitrogens is 2. The summed E-state index contributed by atoms with van der Waals surface area (Å²) in [4.78, 5) is 25.9. The number of para-hydroxylation sites is 1. The molecule has 0 saturated carbocycles. The molecule has 35 heavy (non-hydrogen) atoms. The van der Waals surface area contributed by atoms with E-state index in [-0.39, 0.29) is 12.5 Å². The Labute approximate surface area is 207 Å². The summed E-state index contributed by atoms with van der Waals surface area (Å²) in [6, 6.07) is 17.6. The van der Waals surface area contributed by atoms with Crippen LogP contribution in [0.2, 0.25) is 0 Å². The van der Waals surface area contributed by atoms with E-state index in [1.165, 1.54) is 22.5 Å². The summed E-state index contributed by atoms with van der Waals surface area (Å²) in [6.45, 7) is 5.04. The minimum Gasteiger partial charge on any atom is -0.333 e. The van der Waals surface area contributed by atoms with Crippen LogP contribution >= 0.6 is 0 Å². The van der Waals surface area contributed by atoms with Crippen molar-refractivity contribution in [2.75, 3.05) is 36.7 Å². The van der Waals surface area contributed by atoms with Crippen molar-refractivity contribution >= 4 is 21.6 Å². The van der Waals surface area contributed by atoms with Gasteiger partial charge in [0.2, 0.25) is 10.0 Å². The molecule has 0 saturated heterocycles.